The molecule has 3 nitrogen and oxygen atoms in total. The Labute approximate surface area is 97.0 Å². The van der Waals surface area contributed by atoms with Crippen molar-refractivity contribution in [2.75, 3.05) is 13.7 Å². The van der Waals surface area contributed by atoms with Gasteiger partial charge in [0.05, 0.1) is 12.7 Å². The molecule has 1 aromatic rings. The second-order valence-corrected chi connectivity index (χ2v) is 3.99. The fourth-order valence-corrected chi connectivity index (χ4v) is 1.53. The van der Waals surface area contributed by atoms with Gasteiger partial charge in [0, 0.05) is 7.11 Å². The van der Waals surface area contributed by atoms with Crippen molar-refractivity contribution < 1.29 is 14.6 Å². The summed E-state index contributed by atoms with van der Waals surface area (Å²) < 4.78 is 10.6. The van der Waals surface area contributed by atoms with Crippen LogP contribution in [-0.4, -0.2) is 24.9 Å². The number of ether oxygens (including phenoxy) is 2. The van der Waals surface area contributed by atoms with Gasteiger partial charge in [0.25, 0.3) is 0 Å². The quantitative estimate of drug-likeness (QED) is 0.834. The molecule has 0 spiro atoms. The van der Waals surface area contributed by atoms with Gasteiger partial charge in [-0.25, -0.2) is 0 Å². The van der Waals surface area contributed by atoms with Crippen LogP contribution in [0.25, 0.3) is 0 Å². The van der Waals surface area contributed by atoms with Gasteiger partial charge >= 0.3 is 0 Å². The van der Waals surface area contributed by atoms with Crippen LogP contribution in [0, 0.1) is 0 Å². The zero-order valence-electron chi connectivity index (χ0n) is 10.4. The highest BCUT2D eigenvalue weighted by Crippen LogP contribution is 2.28. The van der Waals surface area contributed by atoms with E-state index in [-0.39, 0.29) is 6.10 Å². The second-order valence-electron chi connectivity index (χ2n) is 3.99. The molecule has 0 heterocycles. The average molecular weight is 224 g/mol. The summed E-state index contributed by atoms with van der Waals surface area (Å²) >= 11 is 0. The van der Waals surface area contributed by atoms with E-state index in [1.165, 1.54) is 0 Å². The van der Waals surface area contributed by atoms with E-state index in [0.717, 1.165) is 11.3 Å². The van der Waals surface area contributed by atoms with Crippen LogP contribution >= 0.6 is 0 Å². The summed E-state index contributed by atoms with van der Waals surface area (Å²) in [6, 6.07) is 7.47. The number of aliphatic hydroxyl groups is 1. The summed E-state index contributed by atoms with van der Waals surface area (Å²) in [7, 11) is 1.59. The van der Waals surface area contributed by atoms with Gasteiger partial charge in [-0.05, 0) is 38.5 Å². The van der Waals surface area contributed by atoms with Crippen LogP contribution in [0.4, 0.5) is 0 Å². The Kier molecular flexibility index (Phi) is 4.33. The van der Waals surface area contributed by atoms with Crippen LogP contribution in [0.3, 0.4) is 0 Å². The summed E-state index contributed by atoms with van der Waals surface area (Å²) in [5.41, 5.74) is -0.213. The van der Waals surface area contributed by atoms with E-state index in [2.05, 4.69) is 0 Å². The molecule has 0 bridgehead atoms. The van der Waals surface area contributed by atoms with Crippen molar-refractivity contribution in [2.24, 2.45) is 0 Å². The van der Waals surface area contributed by atoms with Gasteiger partial charge < -0.3 is 14.6 Å². The first-order valence-corrected chi connectivity index (χ1v) is 5.50. The molecule has 1 rings (SSSR count). The maximum absolute atomic E-state index is 10.4. The minimum Gasteiger partial charge on any atom is -0.494 e. The first-order valence-electron chi connectivity index (χ1n) is 5.50. The lowest BCUT2D eigenvalue weighted by Gasteiger charge is -2.29. The summed E-state index contributed by atoms with van der Waals surface area (Å²) in [6.07, 6.45) is -0.274. The van der Waals surface area contributed by atoms with Gasteiger partial charge in [0.15, 0.2) is 0 Å². The molecule has 0 aliphatic carbocycles. The number of hydrogen-bond acceptors (Lipinski definition) is 3. The van der Waals surface area contributed by atoms with Crippen molar-refractivity contribution in [3.05, 3.63) is 29.8 Å². The largest absolute Gasteiger partial charge is 0.494 e. The Morgan fingerprint density at radius 2 is 2.12 bits per heavy atom. The first kappa shape index (κ1) is 13.0. The number of methoxy groups -OCH3 is 1. The van der Waals surface area contributed by atoms with Gasteiger partial charge in [-0.2, -0.15) is 0 Å². The van der Waals surface area contributed by atoms with Crippen molar-refractivity contribution in [3.8, 4) is 5.75 Å². The van der Waals surface area contributed by atoms with E-state index in [4.69, 9.17) is 9.47 Å². The van der Waals surface area contributed by atoms with Crippen molar-refractivity contribution >= 4 is 0 Å². The van der Waals surface area contributed by atoms with Crippen LogP contribution in [0.1, 0.15) is 26.3 Å². The molecule has 0 amide bonds. The standard InChI is InChI=1S/C13H20O3/c1-5-16-12-8-6-7-11(9-12)13(3,14)10(2)15-4/h6-10,14H,5H2,1-4H3. The lowest BCUT2D eigenvalue weighted by atomic mass is 9.91. The van der Waals surface area contributed by atoms with E-state index < -0.39 is 5.60 Å². The lowest BCUT2D eigenvalue weighted by Crippen LogP contribution is -2.35. The fourth-order valence-electron chi connectivity index (χ4n) is 1.53. The molecule has 0 aromatic heterocycles. The molecule has 0 radical (unpaired) electrons. The summed E-state index contributed by atoms with van der Waals surface area (Å²) in [5, 5.41) is 10.4. The molecule has 90 valence electrons. The molecule has 0 saturated carbocycles. The number of benzene rings is 1. The van der Waals surface area contributed by atoms with E-state index in [9.17, 15) is 5.11 Å². The smallest absolute Gasteiger partial charge is 0.119 e. The Balaban J connectivity index is 2.98. The van der Waals surface area contributed by atoms with Crippen LogP contribution in [0.5, 0.6) is 5.75 Å². The van der Waals surface area contributed by atoms with Gasteiger partial charge in [-0.3, -0.25) is 0 Å². The minimum absolute atomic E-state index is 0.274. The molecular weight excluding hydrogens is 204 g/mol. The van der Waals surface area contributed by atoms with Crippen LogP contribution in [-0.2, 0) is 10.3 Å². The van der Waals surface area contributed by atoms with Crippen molar-refractivity contribution in [3.63, 3.8) is 0 Å². The summed E-state index contributed by atoms with van der Waals surface area (Å²) in [5.74, 6) is 0.767. The van der Waals surface area contributed by atoms with Gasteiger partial charge in [0.1, 0.15) is 11.4 Å². The molecule has 2 atom stereocenters. The van der Waals surface area contributed by atoms with Crippen LogP contribution in [0.2, 0.25) is 0 Å². The third-order valence-electron chi connectivity index (χ3n) is 2.87. The first-order chi connectivity index (χ1) is 7.52. The van der Waals surface area contributed by atoms with Crippen LogP contribution in [0.15, 0.2) is 24.3 Å². The van der Waals surface area contributed by atoms with Crippen molar-refractivity contribution in [2.45, 2.75) is 32.5 Å². The van der Waals surface area contributed by atoms with E-state index in [0.29, 0.717) is 6.61 Å². The average Bonchev–Trinajstić information content (AvgIpc) is 2.28. The van der Waals surface area contributed by atoms with Gasteiger partial charge in [-0.15, -0.1) is 0 Å². The minimum atomic E-state index is -1.01. The molecular formula is C13H20O3. The maximum Gasteiger partial charge on any atom is 0.119 e. The molecule has 2 unspecified atom stereocenters. The Morgan fingerprint density at radius 1 is 1.44 bits per heavy atom. The van der Waals surface area contributed by atoms with Crippen molar-refractivity contribution in [1.29, 1.82) is 0 Å². The summed E-state index contributed by atoms with van der Waals surface area (Å²) in [4.78, 5) is 0. The highest BCUT2D eigenvalue weighted by atomic mass is 16.5. The zero-order chi connectivity index (χ0) is 12.2. The fraction of sp³-hybridized carbons (Fsp3) is 0.538. The number of hydrogen-bond donors (Lipinski definition) is 1. The molecule has 1 aromatic carbocycles. The predicted molar refractivity (Wildman–Crippen MR) is 63.7 cm³/mol. The normalized spacial score (nSPS) is 16.6. The van der Waals surface area contributed by atoms with Gasteiger partial charge in [-0.1, -0.05) is 12.1 Å². The molecule has 0 aliphatic heterocycles. The Hall–Kier alpha value is -1.06. The SMILES string of the molecule is CCOc1cccc(C(C)(O)C(C)OC)c1. The maximum atomic E-state index is 10.4. The topological polar surface area (TPSA) is 38.7 Å². The molecule has 0 fully saturated rings. The molecule has 3 heteroatoms. The third kappa shape index (κ3) is 2.74. The summed E-state index contributed by atoms with van der Waals surface area (Å²) in [6.45, 7) is 6.13. The zero-order valence-corrected chi connectivity index (χ0v) is 10.4. The monoisotopic (exact) mass is 224 g/mol. The highest BCUT2D eigenvalue weighted by molar-refractivity contribution is 5.32. The van der Waals surface area contributed by atoms with E-state index in [1.54, 1.807) is 14.0 Å². The van der Waals surface area contributed by atoms with E-state index >= 15 is 0 Å². The predicted octanol–water partition coefficient (Wildman–Crippen LogP) is 2.33. The second kappa shape index (κ2) is 5.32. The number of rotatable bonds is 5. The third-order valence-corrected chi connectivity index (χ3v) is 2.87. The Morgan fingerprint density at radius 3 is 2.69 bits per heavy atom. The molecule has 0 saturated heterocycles. The molecule has 0 aliphatic rings. The van der Waals surface area contributed by atoms with Crippen molar-refractivity contribution in [1.82, 2.24) is 0 Å². The Bertz CT molecular complexity index is 334. The van der Waals surface area contributed by atoms with Crippen LogP contribution < -0.4 is 4.74 Å². The van der Waals surface area contributed by atoms with Gasteiger partial charge in [0.2, 0.25) is 0 Å². The highest BCUT2D eigenvalue weighted by Gasteiger charge is 2.30. The molecule has 16 heavy (non-hydrogen) atoms. The molecule has 1 N–H and O–H groups in total. The van der Waals surface area contributed by atoms with E-state index in [1.807, 2.05) is 38.1 Å². The lowest BCUT2D eigenvalue weighted by molar-refractivity contribution is -0.0772.